The van der Waals surface area contributed by atoms with Crippen molar-refractivity contribution in [2.75, 3.05) is 18.0 Å². The van der Waals surface area contributed by atoms with Crippen molar-refractivity contribution >= 4 is 17.4 Å². The first-order valence-electron chi connectivity index (χ1n) is 8.52. The van der Waals surface area contributed by atoms with E-state index < -0.39 is 0 Å². The molecule has 0 aliphatic carbocycles. The topological polar surface area (TPSA) is 75.4 Å². The van der Waals surface area contributed by atoms with E-state index in [0.29, 0.717) is 17.0 Å². The molecule has 0 saturated carbocycles. The number of hydrogen-bond donors (Lipinski definition) is 1. The summed E-state index contributed by atoms with van der Waals surface area (Å²) >= 11 is 0. The molecular weight excluding hydrogens is 316 g/mol. The lowest BCUT2D eigenvalue weighted by atomic mass is 10.1. The largest absolute Gasteiger partial charge is 0.355 e. The summed E-state index contributed by atoms with van der Waals surface area (Å²) in [5.41, 5.74) is 2.30. The van der Waals surface area contributed by atoms with Crippen molar-refractivity contribution in [1.29, 1.82) is 0 Å². The van der Waals surface area contributed by atoms with E-state index >= 15 is 0 Å². The Hall–Kier alpha value is -2.96. The second-order valence-electron chi connectivity index (χ2n) is 6.27. The lowest BCUT2D eigenvalue weighted by Crippen LogP contribution is -2.25. The molecule has 1 aliphatic heterocycles. The quantitative estimate of drug-likeness (QED) is 0.788. The van der Waals surface area contributed by atoms with Gasteiger partial charge in [-0.2, -0.15) is 4.52 Å². The van der Waals surface area contributed by atoms with Gasteiger partial charge in [0.1, 0.15) is 5.82 Å². The van der Waals surface area contributed by atoms with Crippen LogP contribution in [0.15, 0.2) is 36.4 Å². The molecule has 0 atom stereocenters. The third-order valence-electron chi connectivity index (χ3n) is 4.54. The summed E-state index contributed by atoms with van der Waals surface area (Å²) in [6.45, 7) is 4.26. The van der Waals surface area contributed by atoms with Crippen molar-refractivity contribution in [1.82, 2.24) is 25.1 Å². The first-order valence-corrected chi connectivity index (χ1v) is 8.52. The molecule has 7 heteroatoms. The summed E-state index contributed by atoms with van der Waals surface area (Å²) in [5.74, 6) is 1.43. The van der Waals surface area contributed by atoms with Gasteiger partial charge in [-0.25, -0.2) is 0 Å². The summed E-state index contributed by atoms with van der Waals surface area (Å²) < 4.78 is 1.71. The average Bonchev–Trinajstić information content (AvgIpc) is 3.29. The van der Waals surface area contributed by atoms with Gasteiger partial charge in [-0.05, 0) is 43.5 Å². The molecule has 1 aliphatic rings. The molecule has 1 aromatic carbocycles. The van der Waals surface area contributed by atoms with Crippen molar-refractivity contribution in [2.45, 2.75) is 26.3 Å². The highest BCUT2D eigenvalue weighted by atomic mass is 16.1. The summed E-state index contributed by atoms with van der Waals surface area (Å²) in [6, 6.07) is 11.4. The molecule has 1 fully saturated rings. The van der Waals surface area contributed by atoms with E-state index in [1.807, 2.05) is 43.3 Å². The number of fused-ring (bicyclic) bond motifs is 1. The van der Waals surface area contributed by atoms with E-state index in [4.69, 9.17) is 0 Å². The van der Waals surface area contributed by atoms with Crippen LogP contribution in [0.25, 0.3) is 5.65 Å². The Morgan fingerprint density at radius 2 is 1.92 bits per heavy atom. The number of benzene rings is 1. The van der Waals surface area contributed by atoms with Gasteiger partial charge in [0.25, 0.3) is 5.91 Å². The van der Waals surface area contributed by atoms with Crippen LogP contribution in [0.2, 0.25) is 0 Å². The van der Waals surface area contributed by atoms with Gasteiger partial charge < -0.3 is 10.2 Å². The van der Waals surface area contributed by atoms with Gasteiger partial charge in [-0.3, -0.25) is 4.79 Å². The fourth-order valence-corrected chi connectivity index (χ4v) is 3.13. The van der Waals surface area contributed by atoms with Crippen molar-refractivity contribution in [3.8, 4) is 0 Å². The Labute approximate surface area is 145 Å². The smallest absolute Gasteiger partial charge is 0.251 e. The highest BCUT2D eigenvalue weighted by molar-refractivity contribution is 5.95. The maximum atomic E-state index is 12.4. The molecule has 0 bridgehead atoms. The molecule has 2 aromatic heterocycles. The molecule has 1 saturated heterocycles. The number of nitrogens with one attached hydrogen (secondary N) is 1. The predicted molar refractivity (Wildman–Crippen MR) is 94.6 cm³/mol. The lowest BCUT2D eigenvalue weighted by molar-refractivity contribution is 0.0949. The standard InChI is InChI=1S/C18H20N6O/c1-13-6-2-3-7-14(13)18(25)19-12-17-21-20-15-8-9-16(22-24(15)17)23-10-4-5-11-23/h2-3,6-9H,4-5,10-12H2,1H3,(H,19,25). The molecular formula is C18H20N6O. The van der Waals surface area contributed by atoms with Gasteiger partial charge in [-0.1, -0.05) is 18.2 Å². The fourth-order valence-electron chi connectivity index (χ4n) is 3.13. The second-order valence-corrected chi connectivity index (χ2v) is 6.27. The van der Waals surface area contributed by atoms with Gasteiger partial charge in [0.2, 0.25) is 0 Å². The molecule has 4 rings (SSSR count). The molecule has 0 spiro atoms. The summed E-state index contributed by atoms with van der Waals surface area (Å²) in [4.78, 5) is 14.6. The fraction of sp³-hybridized carbons (Fsp3) is 0.333. The molecule has 1 N–H and O–H groups in total. The number of amides is 1. The zero-order valence-corrected chi connectivity index (χ0v) is 14.1. The van der Waals surface area contributed by atoms with Crippen molar-refractivity contribution in [3.63, 3.8) is 0 Å². The number of aromatic nitrogens is 4. The molecule has 25 heavy (non-hydrogen) atoms. The molecule has 3 heterocycles. The van der Waals surface area contributed by atoms with Crippen LogP contribution in [0.4, 0.5) is 5.82 Å². The number of carbonyl (C=O) groups excluding carboxylic acids is 1. The number of anilines is 1. The normalized spacial score (nSPS) is 14.2. The van der Waals surface area contributed by atoms with E-state index in [1.54, 1.807) is 4.52 Å². The van der Waals surface area contributed by atoms with Crippen molar-refractivity contribution in [2.24, 2.45) is 0 Å². The monoisotopic (exact) mass is 336 g/mol. The number of hydrogen-bond acceptors (Lipinski definition) is 5. The molecule has 0 radical (unpaired) electrons. The van der Waals surface area contributed by atoms with Crippen LogP contribution in [0, 0.1) is 6.92 Å². The van der Waals surface area contributed by atoms with E-state index in [2.05, 4.69) is 25.5 Å². The second kappa shape index (κ2) is 6.51. The zero-order chi connectivity index (χ0) is 17.2. The average molecular weight is 336 g/mol. The minimum absolute atomic E-state index is 0.120. The Kier molecular flexibility index (Phi) is 4.05. The third-order valence-corrected chi connectivity index (χ3v) is 4.54. The SMILES string of the molecule is Cc1ccccc1C(=O)NCc1nnc2ccc(N3CCCC3)nn12. The van der Waals surface area contributed by atoms with Gasteiger partial charge in [0.15, 0.2) is 11.5 Å². The number of rotatable bonds is 4. The third kappa shape index (κ3) is 3.05. The molecule has 7 nitrogen and oxygen atoms in total. The highest BCUT2D eigenvalue weighted by Gasteiger charge is 2.16. The number of nitrogens with zero attached hydrogens (tertiary/aromatic N) is 5. The first kappa shape index (κ1) is 15.6. The molecule has 0 unspecified atom stereocenters. The van der Waals surface area contributed by atoms with Crippen molar-refractivity contribution < 1.29 is 4.79 Å². The van der Waals surface area contributed by atoms with E-state index in [-0.39, 0.29) is 12.5 Å². The van der Waals surface area contributed by atoms with Gasteiger partial charge in [-0.15, -0.1) is 15.3 Å². The summed E-state index contributed by atoms with van der Waals surface area (Å²) in [6.07, 6.45) is 2.39. The summed E-state index contributed by atoms with van der Waals surface area (Å²) in [5, 5.41) is 15.9. The highest BCUT2D eigenvalue weighted by Crippen LogP contribution is 2.18. The van der Waals surface area contributed by atoms with Crippen LogP contribution in [-0.4, -0.2) is 38.8 Å². The Morgan fingerprint density at radius 3 is 2.72 bits per heavy atom. The predicted octanol–water partition coefficient (Wildman–Crippen LogP) is 1.96. The molecule has 128 valence electrons. The maximum Gasteiger partial charge on any atom is 0.251 e. The Balaban J connectivity index is 1.54. The minimum atomic E-state index is -0.120. The maximum absolute atomic E-state index is 12.4. The van der Waals surface area contributed by atoms with Crippen LogP contribution in [0.5, 0.6) is 0 Å². The van der Waals surface area contributed by atoms with E-state index in [1.165, 1.54) is 12.8 Å². The number of aryl methyl sites for hydroxylation is 1. The Bertz CT molecular complexity index is 913. The zero-order valence-electron chi connectivity index (χ0n) is 14.1. The lowest BCUT2D eigenvalue weighted by Gasteiger charge is -2.15. The van der Waals surface area contributed by atoms with Crippen LogP contribution in [0.1, 0.15) is 34.6 Å². The van der Waals surface area contributed by atoms with Crippen LogP contribution in [-0.2, 0) is 6.54 Å². The van der Waals surface area contributed by atoms with Crippen LogP contribution < -0.4 is 10.2 Å². The van der Waals surface area contributed by atoms with Gasteiger partial charge in [0.05, 0.1) is 6.54 Å². The molecule has 1 amide bonds. The first-order chi connectivity index (χ1) is 12.2. The van der Waals surface area contributed by atoms with Gasteiger partial charge >= 0.3 is 0 Å². The summed E-state index contributed by atoms with van der Waals surface area (Å²) in [7, 11) is 0. The Morgan fingerprint density at radius 1 is 1.12 bits per heavy atom. The van der Waals surface area contributed by atoms with E-state index in [9.17, 15) is 4.79 Å². The van der Waals surface area contributed by atoms with Crippen LogP contribution >= 0.6 is 0 Å². The van der Waals surface area contributed by atoms with Crippen molar-refractivity contribution in [3.05, 3.63) is 53.3 Å². The molecule has 3 aromatic rings. The van der Waals surface area contributed by atoms with E-state index in [0.717, 1.165) is 24.5 Å². The minimum Gasteiger partial charge on any atom is -0.355 e. The van der Waals surface area contributed by atoms with Crippen LogP contribution in [0.3, 0.4) is 0 Å². The van der Waals surface area contributed by atoms with Gasteiger partial charge in [0, 0.05) is 18.7 Å². The number of carbonyl (C=O) groups is 1.